The number of rotatable bonds is 3. The molecule has 2 aromatic rings. The van der Waals surface area contributed by atoms with Crippen LogP contribution >= 0.6 is 46.4 Å². The maximum absolute atomic E-state index is 12.4. The smallest absolute Gasteiger partial charge is 0.387 e. The number of halogens is 6. The molecule has 0 amide bonds. The summed E-state index contributed by atoms with van der Waals surface area (Å²) in [4.78, 5) is 0. The first-order valence-electron chi connectivity index (χ1n) is 5.27. The summed E-state index contributed by atoms with van der Waals surface area (Å²) in [7, 11) is 0. The Balaban J connectivity index is 2.60. The Bertz CT molecular complexity index is 647. The highest BCUT2D eigenvalue weighted by Gasteiger charge is 2.16. The second-order valence-corrected chi connectivity index (χ2v) is 5.42. The first-order chi connectivity index (χ1) is 9.38. The first kappa shape index (κ1) is 15.6. The van der Waals surface area contributed by atoms with Crippen LogP contribution in [0.1, 0.15) is 0 Å². The molecule has 1 nitrogen and oxygen atoms in total. The van der Waals surface area contributed by atoms with Gasteiger partial charge in [-0.1, -0.05) is 46.4 Å². The van der Waals surface area contributed by atoms with Crippen molar-refractivity contribution in [3.05, 3.63) is 50.4 Å². The maximum atomic E-state index is 12.4. The Morgan fingerprint density at radius 3 is 2.10 bits per heavy atom. The third-order valence-corrected chi connectivity index (χ3v) is 3.73. The summed E-state index contributed by atoms with van der Waals surface area (Å²) in [6.07, 6.45) is 0. The van der Waals surface area contributed by atoms with E-state index in [1.807, 2.05) is 0 Å². The van der Waals surface area contributed by atoms with E-state index >= 15 is 0 Å². The van der Waals surface area contributed by atoms with Gasteiger partial charge in [0, 0.05) is 16.1 Å². The van der Waals surface area contributed by atoms with Gasteiger partial charge < -0.3 is 4.74 Å². The number of hydrogen-bond donors (Lipinski definition) is 0. The van der Waals surface area contributed by atoms with E-state index in [0.717, 1.165) is 0 Å². The van der Waals surface area contributed by atoms with E-state index in [0.29, 0.717) is 11.1 Å². The van der Waals surface area contributed by atoms with Crippen LogP contribution in [0, 0.1) is 0 Å². The normalized spacial score (nSPS) is 10.9. The van der Waals surface area contributed by atoms with Gasteiger partial charge in [-0.05, 0) is 30.3 Å². The molecule has 2 rings (SSSR count). The predicted octanol–water partition coefficient (Wildman–Crippen LogP) is 6.57. The number of hydrogen-bond acceptors (Lipinski definition) is 1. The van der Waals surface area contributed by atoms with Gasteiger partial charge in [0.15, 0.2) is 0 Å². The van der Waals surface area contributed by atoms with Crippen molar-refractivity contribution >= 4 is 46.4 Å². The fourth-order valence-corrected chi connectivity index (χ4v) is 2.45. The summed E-state index contributed by atoms with van der Waals surface area (Å²) in [5, 5.41) is 1.05. The lowest BCUT2D eigenvalue weighted by Gasteiger charge is -2.13. The molecule has 0 fully saturated rings. The standard InChI is InChI=1S/C13H6Cl4F2O/c14-6-1-2-7(12(3-6)20-13(18)19)8-4-10(16)11(17)5-9(8)15/h1-5,13H. The molecule has 0 bridgehead atoms. The average molecular weight is 358 g/mol. The summed E-state index contributed by atoms with van der Waals surface area (Å²) in [6, 6.07) is 7.25. The Kier molecular flexibility index (Phi) is 4.97. The SMILES string of the molecule is FC(F)Oc1cc(Cl)ccc1-c1cc(Cl)c(Cl)cc1Cl. The Morgan fingerprint density at radius 1 is 0.800 bits per heavy atom. The van der Waals surface area contributed by atoms with Crippen molar-refractivity contribution in [1.29, 1.82) is 0 Å². The number of ether oxygens (including phenoxy) is 1. The van der Waals surface area contributed by atoms with Crippen LogP contribution in [0.25, 0.3) is 11.1 Å². The third kappa shape index (κ3) is 3.47. The monoisotopic (exact) mass is 356 g/mol. The molecule has 106 valence electrons. The van der Waals surface area contributed by atoms with E-state index in [-0.39, 0.29) is 25.8 Å². The zero-order valence-corrected chi connectivity index (χ0v) is 12.7. The highest BCUT2D eigenvalue weighted by atomic mass is 35.5. The topological polar surface area (TPSA) is 9.23 Å². The van der Waals surface area contributed by atoms with Crippen molar-refractivity contribution in [3.63, 3.8) is 0 Å². The van der Waals surface area contributed by atoms with Crippen molar-refractivity contribution in [2.45, 2.75) is 6.61 Å². The van der Waals surface area contributed by atoms with Crippen LogP contribution in [0.5, 0.6) is 5.75 Å². The number of benzene rings is 2. The molecule has 0 aromatic heterocycles. The van der Waals surface area contributed by atoms with Crippen molar-refractivity contribution < 1.29 is 13.5 Å². The molecule has 0 aliphatic rings. The van der Waals surface area contributed by atoms with Crippen molar-refractivity contribution in [2.75, 3.05) is 0 Å². The van der Waals surface area contributed by atoms with Gasteiger partial charge in [0.05, 0.1) is 15.1 Å². The first-order valence-corrected chi connectivity index (χ1v) is 6.79. The van der Waals surface area contributed by atoms with Crippen LogP contribution in [0.2, 0.25) is 20.1 Å². The fraction of sp³-hybridized carbons (Fsp3) is 0.0769. The van der Waals surface area contributed by atoms with Gasteiger partial charge in [-0.3, -0.25) is 0 Å². The summed E-state index contributed by atoms with van der Waals surface area (Å²) in [5.74, 6) is -0.0900. The summed E-state index contributed by atoms with van der Waals surface area (Å²) >= 11 is 23.6. The van der Waals surface area contributed by atoms with Crippen LogP contribution in [-0.2, 0) is 0 Å². The summed E-state index contributed by atoms with van der Waals surface area (Å²) in [5.41, 5.74) is 0.770. The quantitative estimate of drug-likeness (QED) is 0.564. The van der Waals surface area contributed by atoms with Crippen LogP contribution in [-0.4, -0.2) is 6.61 Å². The molecule has 0 spiro atoms. The zero-order valence-electron chi connectivity index (χ0n) is 9.64. The molecule has 2 aromatic carbocycles. The highest BCUT2D eigenvalue weighted by Crippen LogP contribution is 2.40. The van der Waals surface area contributed by atoms with E-state index in [4.69, 9.17) is 46.4 Å². The second kappa shape index (κ2) is 6.35. The molecule has 0 N–H and O–H groups in total. The van der Waals surface area contributed by atoms with E-state index in [1.165, 1.54) is 30.3 Å². The molecule has 0 saturated carbocycles. The molecule has 7 heteroatoms. The van der Waals surface area contributed by atoms with Gasteiger partial charge in [0.25, 0.3) is 0 Å². The Hall–Kier alpha value is -0.740. The van der Waals surface area contributed by atoms with E-state index < -0.39 is 6.61 Å². The van der Waals surface area contributed by atoms with Gasteiger partial charge >= 0.3 is 6.61 Å². The van der Waals surface area contributed by atoms with Crippen molar-refractivity contribution in [1.82, 2.24) is 0 Å². The molecule has 0 aliphatic heterocycles. The number of alkyl halides is 2. The van der Waals surface area contributed by atoms with Gasteiger partial charge in [0.1, 0.15) is 5.75 Å². The molecule has 0 heterocycles. The van der Waals surface area contributed by atoms with E-state index in [2.05, 4.69) is 4.74 Å². The Labute approximate surface area is 134 Å². The maximum Gasteiger partial charge on any atom is 0.387 e. The van der Waals surface area contributed by atoms with Crippen molar-refractivity contribution in [3.8, 4) is 16.9 Å². The Morgan fingerprint density at radius 2 is 1.45 bits per heavy atom. The summed E-state index contributed by atoms with van der Waals surface area (Å²) < 4.78 is 29.3. The molecule has 20 heavy (non-hydrogen) atoms. The fourth-order valence-electron chi connectivity index (χ4n) is 1.64. The van der Waals surface area contributed by atoms with Gasteiger partial charge in [0.2, 0.25) is 0 Å². The molecular weight excluding hydrogens is 352 g/mol. The lowest BCUT2D eigenvalue weighted by Crippen LogP contribution is -2.03. The molecular formula is C13H6Cl4F2O. The minimum atomic E-state index is -2.98. The highest BCUT2D eigenvalue weighted by molar-refractivity contribution is 6.44. The second-order valence-electron chi connectivity index (χ2n) is 3.77. The van der Waals surface area contributed by atoms with Gasteiger partial charge in [-0.15, -0.1) is 0 Å². The van der Waals surface area contributed by atoms with Gasteiger partial charge in [-0.25, -0.2) is 0 Å². The molecule has 0 aliphatic carbocycles. The molecule has 0 radical (unpaired) electrons. The van der Waals surface area contributed by atoms with Crippen LogP contribution < -0.4 is 4.74 Å². The van der Waals surface area contributed by atoms with Crippen LogP contribution in [0.15, 0.2) is 30.3 Å². The lowest BCUT2D eigenvalue weighted by molar-refractivity contribution is -0.0494. The van der Waals surface area contributed by atoms with Crippen LogP contribution in [0.4, 0.5) is 8.78 Å². The molecule has 0 saturated heterocycles. The molecule has 0 atom stereocenters. The minimum Gasteiger partial charge on any atom is -0.434 e. The average Bonchev–Trinajstić information content (AvgIpc) is 2.34. The zero-order chi connectivity index (χ0) is 14.9. The van der Waals surface area contributed by atoms with E-state index in [1.54, 1.807) is 0 Å². The lowest BCUT2D eigenvalue weighted by atomic mass is 10.0. The predicted molar refractivity (Wildman–Crippen MR) is 78.6 cm³/mol. The third-order valence-electron chi connectivity index (χ3n) is 2.46. The van der Waals surface area contributed by atoms with E-state index in [9.17, 15) is 8.78 Å². The summed E-state index contributed by atoms with van der Waals surface area (Å²) in [6.45, 7) is -2.98. The van der Waals surface area contributed by atoms with Crippen LogP contribution in [0.3, 0.4) is 0 Å². The largest absolute Gasteiger partial charge is 0.434 e. The minimum absolute atomic E-state index is 0.0900. The van der Waals surface area contributed by atoms with Crippen molar-refractivity contribution in [2.24, 2.45) is 0 Å². The molecule has 0 unspecified atom stereocenters. The van der Waals surface area contributed by atoms with Gasteiger partial charge in [-0.2, -0.15) is 8.78 Å².